The third-order valence-electron chi connectivity index (χ3n) is 2.95. The maximum Gasteiger partial charge on any atom is 0.0908 e. The fraction of sp³-hybridized carbons (Fsp3) is 0.385. The maximum absolute atomic E-state index is 6.25. The molecular weight excluding hydrogens is 262 g/mol. The second-order valence-corrected chi connectivity index (χ2v) is 5.22. The first-order valence-electron chi connectivity index (χ1n) is 6.15. The average Bonchev–Trinajstić information content (AvgIpc) is 2.73. The lowest BCUT2D eigenvalue weighted by Gasteiger charge is -2.20. The molecule has 6 heteroatoms. The van der Waals surface area contributed by atoms with E-state index in [4.69, 9.17) is 17.4 Å². The first-order valence-corrected chi connectivity index (χ1v) is 6.53. The van der Waals surface area contributed by atoms with E-state index in [9.17, 15) is 0 Å². The number of nitrogens with zero attached hydrogens (tertiary/aromatic N) is 3. The highest BCUT2D eigenvalue weighted by molar-refractivity contribution is 6.31. The highest BCUT2D eigenvalue weighted by Gasteiger charge is 2.22. The van der Waals surface area contributed by atoms with Gasteiger partial charge in [-0.3, -0.25) is 15.5 Å². The number of aromatic nitrogens is 3. The minimum atomic E-state index is -0.232. The maximum atomic E-state index is 6.25. The SMILES string of the molecule is Cc1cncc(C(NN)c2c(Cl)cnn2C(C)C)c1. The highest BCUT2D eigenvalue weighted by atomic mass is 35.5. The molecule has 1 atom stereocenters. The van der Waals surface area contributed by atoms with Crippen LogP contribution in [0.15, 0.2) is 24.7 Å². The molecule has 0 saturated carbocycles. The molecule has 2 rings (SSSR count). The Labute approximate surface area is 117 Å². The third kappa shape index (κ3) is 2.78. The number of pyridine rings is 1. The van der Waals surface area contributed by atoms with Gasteiger partial charge in [0.2, 0.25) is 0 Å². The van der Waals surface area contributed by atoms with Crippen molar-refractivity contribution in [3.8, 4) is 0 Å². The molecule has 0 spiro atoms. The zero-order valence-electron chi connectivity index (χ0n) is 11.3. The van der Waals surface area contributed by atoms with Crippen molar-refractivity contribution in [2.45, 2.75) is 32.9 Å². The lowest BCUT2D eigenvalue weighted by molar-refractivity contribution is 0.476. The van der Waals surface area contributed by atoms with Gasteiger partial charge in [0.25, 0.3) is 0 Å². The van der Waals surface area contributed by atoms with Crippen molar-refractivity contribution in [2.75, 3.05) is 0 Å². The van der Waals surface area contributed by atoms with E-state index in [2.05, 4.69) is 29.4 Å². The minimum Gasteiger partial charge on any atom is -0.271 e. The van der Waals surface area contributed by atoms with Crippen molar-refractivity contribution in [3.63, 3.8) is 0 Å². The van der Waals surface area contributed by atoms with Crippen molar-refractivity contribution in [1.82, 2.24) is 20.2 Å². The lowest BCUT2D eigenvalue weighted by Crippen LogP contribution is -2.31. The van der Waals surface area contributed by atoms with Crippen LogP contribution in [0.25, 0.3) is 0 Å². The summed E-state index contributed by atoms with van der Waals surface area (Å²) in [5.41, 5.74) is 5.69. The molecule has 102 valence electrons. The van der Waals surface area contributed by atoms with Gasteiger partial charge in [-0.2, -0.15) is 5.10 Å². The molecule has 0 aliphatic heterocycles. The zero-order chi connectivity index (χ0) is 14.0. The number of nitrogens with two attached hydrogens (primary N) is 1. The normalized spacial score (nSPS) is 12.9. The predicted octanol–water partition coefficient (Wildman–Crippen LogP) is 2.37. The van der Waals surface area contributed by atoms with Crippen molar-refractivity contribution in [3.05, 3.63) is 46.5 Å². The van der Waals surface area contributed by atoms with E-state index in [-0.39, 0.29) is 12.1 Å². The number of hydrazine groups is 1. The molecule has 3 N–H and O–H groups in total. The summed E-state index contributed by atoms with van der Waals surface area (Å²) in [6.07, 6.45) is 5.23. The number of aryl methyl sites for hydroxylation is 1. The summed E-state index contributed by atoms with van der Waals surface area (Å²) >= 11 is 6.25. The Hall–Kier alpha value is -1.43. The Morgan fingerprint density at radius 2 is 2.05 bits per heavy atom. The van der Waals surface area contributed by atoms with Gasteiger partial charge in [0.05, 0.1) is 23.0 Å². The molecule has 1 unspecified atom stereocenters. The molecule has 2 aromatic heterocycles. The van der Waals surface area contributed by atoms with Crippen molar-refractivity contribution < 1.29 is 0 Å². The third-order valence-corrected chi connectivity index (χ3v) is 3.24. The number of rotatable bonds is 4. The monoisotopic (exact) mass is 279 g/mol. The van der Waals surface area contributed by atoms with E-state index < -0.39 is 0 Å². The van der Waals surface area contributed by atoms with Gasteiger partial charge < -0.3 is 0 Å². The van der Waals surface area contributed by atoms with Crippen molar-refractivity contribution in [2.24, 2.45) is 5.84 Å². The Balaban J connectivity index is 2.51. The van der Waals surface area contributed by atoms with Crippen molar-refractivity contribution in [1.29, 1.82) is 0 Å². The van der Waals surface area contributed by atoms with E-state index in [1.165, 1.54) is 0 Å². The number of hydrogen-bond donors (Lipinski definition) is 2. The first-order chi connectivity index (χ1) is 9.04. The van der Waals surface area contributed by atoms with E-state index in [0.29, 0.717) is 5.02 Å². The minimum absolute atomic E-state index is 0.205. The lowest BCUT2D eigenvalue weighted by atomic mass is 10.0. The van der Waals surface area contributed by atoms with Gasteiger partial charge in [-0.05, 0) is 31.9 Å². The molecule has 0 aliphatic rings. The molecule has 2 heterocycles. The number of hydrogen-bond acceptors (Lipinski definition) is 4. The van der Waals surface area contributed by atoms with Gasteiger partial charge in [0, 0.05) is 18.4 Å². The highest BCUT2D eigenvalue weighted by Crippen LogP contribution is 2.29. The van der Waals surface area contributed by atoms with Crippen LogP contribution in [-0.4, -0.2) is 14.8 Å². The molecule has 0 saturated heterocycles. The van der Waals surface area contributed by atoms with Gasteiger partial charge in [-0.1, -0.05) is 17.7 Å². The van der Waals surface area contributed by atoms with Crippen LogP contribution in [0.4, 0.5) is 0 Å². The molecule has 19 heavy (non-hydrogen) atoms. The largest absolute Gasteiger partial charge is 0.271 e. The van der Waals surface area contributed by atoms with Gasteiger partial charge in [0.15, 0.2) is 0 Å². The summed E-state index contributed by atoms with van der Waals surface area (Å²) in [5.74, 6) is 5.71. The number of halogens is 1. The van der Waals surface area contributed by atoms with Gasteiger partial charge in [-0.25, -0.2) is 5.43 Å². The van der Waals surface area contributed by atoms with Crippen LogP contribution in [0.2, 0.25) is 5.02 Å². The summed E-state index contributed by atoms with van der Waals surface area (Å²) in [7, 11) is 0. The fourth-order valence-electron chi connectivity index (χ4n) is 2.10. The molecular formula is C13H18ClN5. The molecule has 5 nitrogen and oxygen atoms in total. The molecule has 2 aromatic rings. The standard InChI is InChI=1S/C13H18ClN5/c1-8(2)19-13(11(14)7-17-19)12(18-15)10-4-9(3)5-16-6-10/h4-8,12,18H,15H2,1-3H3. The van der Waals surface area contributed by atoms with E-state index in [1.807, 2.05) is 17.7 Å². The summed E-state index contributed by atoms with van der Waals surface area (Å²) in [4.78, 5) is 4.20. The Kier molecular flexibility index (Phi) is 4.19. The van der Waals surface area contributed by atoms with Crippen LogP contribution in [0.3, 0.4) is 0 Å². The summed E-state index contributed by atoms with van der Waals surface area (Å²) in [5, 5.41) is 4.90. The van der Waals surface area contributed by atoms with Gasteiger partial charge >= 0.3 is 0 Å². The molecule has 0 aliphatic carbocycles. The summed E-state index contributed by atoms with van der Waals surface area (Å²) in [6.45, 7) is 6.09. The average molecular weight is 280 g/mol. The van der Waals surface area contributed by atoms with Crippen molar-refractivity contribution >= 4 is 11.6 Å². The van der Waals surface area contributed by atoms with Crippen LogP contribution >= 0.6 is 11.6 Å². The Bertz CT molecular complexity index is 564. The quantitative estimate of drug-likeness (QED) is 0.666. The second-order valence-electron chi connectivity index (χ2n) is 4.81. The van der Waals surface area contributed by atoms with Crippen LogP contribution in [0.1, 0.15) is 42.8 Å². The fourth-order valence-corrected chi connectivity index (χ4v) is 2.34. The molecule has 0 aromatic carbocycles. The van der Waals surface area contributed by atoms with E-state index in [1.54, 1.807) is 18.6 Å². The molecule has 0 fully saturated rings. The number of nitrogens with one attached hydrogen (secondary N) is 1. The van der Waals surface area contributed by atoms with Crippen LogP contribution < -0.4 is 11.3 Å². The van der Waals surface area contributed by atoms with Crippen LogP contribution in [0.5, 0.6) is 0 Å². The second kappa shape index (κ2) is 5.69. The zero-order valence-corrected chi connectivity index (χ0v) is 12.0. The molecule has 0 bridgehead atoms. The van der Waals surface area contributed by atoms with Gasteiger partial charge in [-0.15, -0.1) is 0 Å². The van der Waals surface area contributed by atoms with Crippen LogP contribution in [-0.2, 0) is 0 Å². The molecule has 0 amide bonds. The van der Waals surface area contributed by atoms with E-state index in [0.717, 1.165) is 16.8 Å². The predicted molar refractivity (Wildman–Crippen MR) is 75.8 cm³/mol. The van der Waals surface area contributed by atoms with Gasteiger partial charge in [0.1, 0.15) is 0 Å². The topological polar surface area (TPSA) is 68.8 Å². The van der Waals surface area contributed by atoms with E-state index >= 15 is 0 Å². The first kappa shape index (κ1) is 14.0. The Morgan fingerprint density at radius 1 is 1.32 bits per heavy atom. The Morgan fingerprint density at radius 3 is 2.63 bits per heavy atom. The summed E-state index contributed by atoms with van der Waals surface area (Å²) < 4.78 is 1.87. The summed E-state index contributed by atoms with van der Waals surface area (Å²) in [6, 6.07) is 2.01. The van der Waals surface area contributed by atoms with Crippen LogP contribution in [0, 0.1) is 6.92 Å². The smallest absolute Gasteiger partial charge is 0.0908 e. The molecule has 0 radical (unpaired) electrons.